The summed E-state index contributed by atoms with van der Waals surface area (Å²) in [7, 11) is 0. The summed E-state index contributed by atoms with van der Waals surface area (Å²) in [5, 5.41) is 22.3. The van der Waals surface area contributed by atoms with Crippen LogP contribution >= 0.6 is 0 Å². The van der Waals surface area contributed by atoms with E-state index in [1.165, 1.54) is 11.1 Å². The van der Waals surface area contributed by atoms with Gasteiger partial charge in [-0.3, -0.25) is 4.98 Å². The smallest absolute Gasteiger partial charge is 0.449 e. The van der Waals surface area contributed by atoms with Gasteiger partial charge in [0.15, 0.2) is 0 Å². The molecular weight excluding hydrogens is 440 g/mol. The highest BCUT2D eigenvalue weighted by atomic mass is 16.7. The van der Waals surface area contributed by atoms with Crippen molar-refractivity contribution in [2.24, 2.45) is 5.16 Å². The Morgan fingerprint density at radius 1 is 0.943 bits per heavy atom. The maximum absolute atomic E-state index is 10.7. The van der Waals surface area contributed by atoms with Crippen molar-refractivity contribution in [2.45, 2.75) is 26.2 Å². The molecule has 0 aliphatic carbocycles. The number of benzene rings is 3. The van der Waals surface area contributed by atoms with Gasteiger partial charge in [0.25, 0.3) is 0 Å². The van der Waals surface area contributed by atoms with Crippen molar-refractivity contribution in [3.8, 4) is 16.9 Å². The first-order valence-corrected chi connectivity index (χ1v) is 11.2. The number of ether oxygens (including phenoxy) is 1. The number of hydrogen-bond donors (Lipinski definition) is 2. The minimum atomic E-state index is -1.34. The predicted octanol–water partition coefficient (Wildman–Crippen LogP) is 6.82. The topological polar surface area (TPSA) is 92.0 Å². The largest absolute Gasteiger partial charge is 0.511 e. The molecule has 0 bridgehead atoms. The average molecular weight is 467 g/mol. The molecule has 6 nitrogen and oxygen atoms in total. The summed E-state index contributed by atoms with van der Waals surface area (Å²) in [4.78, 5) is 15.0. The molecular formula is C29H26N2O4. The third-order valence-electron chi connectivity index (χ3n) is 6.02. The van der Waals surface area contributed by atoms with Gasteiger partial charge in [-0.15, -0.1) is 0 Å². The van der Waals surface area contributed by atoms with Crippen LogP contribution in [-0.4, -0.2) is 27.2 Å². The molecule has 1 heterocycles. The van der Waals surface area contributed by atoms with Crippen LogP contribution in [0.1, 0.15) is 40.3 Å². The zero-order valence-electron chi connectivity index (χ0n) is 19.6. The number of carbonyl (C=O) groups is 1. The molecule has 4 rings (SSSR count). The molecule has 4 aromatic rings. The highest BCUT2D eigenvalue weighted by molar-refractivity contribution is 6.01. The Morgan fingerprint density at radius 3 is 2.20 bits per heavy atom. The summed E-state index contributed by atoms with van der Waals surface area (Å²) >= 11 is 0. The molecule has 176 valence electrons. The molecule has 0 spiro atoms. The zero-order valence-corrected chi connectivity index (χ0v) is 19.6. The van der Waals surface area contributed by atoms with Crippen LogP contribution in [0.4, 0.5) is 4.79 Å². The number of oxime groups is 1. The quantitative estimate of drug-likeness (QED) is 0.102. The average Bonchev–Trinajstić information content (AvgIpc) is 2.86. The molecule has 0 saturated carbocycles. The van der Waals surface area contributed by atoms with Gasteiger partial charge in [0, 0.05) is 29.8 Å². The monoisotopic (exact) mass is 466 g/mol. The molecule has 1 aromatic heterocycles. The van der Waals surface area contributed by atoms with Gasteiger partial charge in [-0.2, -0.15) is 0 Å². The van der Waals surface area contributed by atoms with Crippen molar-refractivity contribution < 1.29 is 19.8 Å². The number of aromatic nitrogens is 1. The zero-order chi connectivity index (χ0) is 24.8. The van der Waals surface area contributed by atoms with Crippen LogP contribution in [0.3, 0.4) is 0 Å². The van der Waals surface area contributed by atoms with Crippen molar-refractivity contribution in [1.29, 1.82) is 0 Å². The number of hydrogen-bond acceptors (Lipinski definition) is 5. The molecule has 2 N–H and O–H groups in total. The number of aryl methyl sites for hydroxylation is 2. The van der Waals surface area contributed by atoms with Crippen LogP contribution in [0.2, 0.25) is 0 Å². The fraction of sp³-hybridized carbons (Fsp3) is 0.138. The molecule has 0 radical (unpaired) electrons. The Balaban J connectivity index is 1.66. The highest BCUT2D eigenvalue weighted by Crippen LogP contribution is 2.33. The van der Waals surface area contributed by atoms with Gasteiger partial charge in [0.2, 0.25) is 0 Å². The molecule has 0 amide bonds. The maximum Gasteiger partial charge on any atom is 0.511 e. The molecule has 1 atom stereocenters. The highest BCUT2D eigenvalue weighted by Gasteiger charge is 2.20. The van der Waals surface area contributed by atoms with E-state index in [9.17, 15) is 10.0 Å². The van der Waals surface area contributed by atoms with E-state index in [1.54, 1.807) is 18.3 Å². The normalized spacial score (nSPS) is 12.2. The second kappa shape index (κ2) is 10.7. The molecule has 0 saturated heterocycles. The SMILES string of the molecule is Cc1cc(/C(C[C@H](c2ccc(-c3ccc(OC(=O)O)cc3)cc2)c2ccccc2C)=N/O)ccn1. The lowest BCUT2D eigenvalue weighted by Crippen LogP contribution is -2.12. The maximum atomic E-state index is 10.7. The number of nitrogens with zero attached hydrogens (tertiary/aromatic N) is 2. The minimum absolute atomic E-state index is 0.0176. The van der Waals surface area contributed by atoms with E-state index in [1.807, 2.05) is 55.5 Å². The summed E-state index contributed by atoms with van der Waals surface area (Å²) in [6.45, 7) is 4.00. The number of rotatable bonds is 7. The van der Waals surface area contributed by atoms with Crippen molar-refractivity contribution >= 4 is 11.9 Å². The number of pyridine rings is 1. The molecule has 35 heavy (non-hydrogen) atoms. The van der Waals surface area contributed by atoms with E-state index in [0.717, 1.165) is 27.9 Å². The van der Waals surface area contributed by atoms with Crippen molar-refractivity contribution in [1.82, 2.24) is 4.98 Å². The lowest BCUT2D eigenvalue weighted by molar-refractivity contribution is 0.144. The fourth-order valence-corrected chi connectivity index (χ4v) is 4.24. The molecule has 6 heteroatoms. The van der Waals surface area contributed by atoms with Gasteiger partial charge in [-0.25, -0.2) is 4.79 Å². The van der Waals surface area contributed by atoms with Crippen LogP contribution in [0.15, 0.2) is 96.3 Å². The van der Waals surface area contributed by atoms with Gasteiger partial charge < -0.3 is 15.1 Å². The van der Waals surface area contributed by atoms with Gasteiger partial charge in [-0.1, -0.05) is 65.8 Å². The van der Waals surface area contributed by atoms with Gasteiger partial charge >= 0.3 is 6.16 Å². The summed E-state index contributed by atoms with van der Waals surface area (Å²) in [6.07, 6.45) is 0.906. The van der Waals surface area contributed by atoms with Gasteiger partial charge in [-0.05, 0) is 65.9 Å². The van der Waals surface area contributed by atoms with Gasteiger partial charge in [0.1, 0.15) is 5.75 Å². The van der Waals surface area contributed by atoms with E-state index in [4.69, 9.17) is 5.11 Å². The van der Waals surface area contributed by atoms with Crippen LogP contribution in [0.25, 0.3) is 11.1 Å². The molecule has 0 aliphatic heterocycles. The van der Waals surface area contributed by atoms with Crippen molar-refractivity contribution in [3.63, 3.8) is 0 Å². The van der Waals surface area contributed by atoms with E-state index >= 15 is 0 Å². The number of carboxylic acid groups (broad SMARTS) is 1. The van der Waals surface area contributed by atoms with E-state index in [-0.39, 0.29) is 11.7 Å². The Kier molecular flexibility index (Phi) is 7.21. The Labute approximate surface area is 204 Å². The Hall–Kier alpha value is -4.45. The first-order valence-electron chi connectivity index (χ1n) is 11.2. The minimum Gasteiger partial charge on any atom is -0.449 e. The third-order valence-corrected chi connectivity index (χ3v) is 6.02. The van der Waals surface area contributed by atoms with Crippen LogP contribution in [-0.2, 0) is 0 Å². The predicted molar refractivity (Wildman–Crippen MR) is 135 cm³/mol. The van der Waals surface area contributed by atoms with Crippen LogP contribution in [0, 0.1) is 13.8 Å². The molecule has 0 unspecified atom stereocenters. The van der Waals surface area contributed by atoms with Crippen LogP contribution < -0.4 is 4.74 Å². The Morgan fingerprint density at radius 2 is 1.60 bits per heavy atom. The van der Waals surface area contributed by atoms with Crippen LogP contribution in [0.5, 0.6) is 5.75 Å². The van der Waals surface area contributed by atoms with E-state index in [0.29, 0.717) is 12.1 Å². The second-order valence-electron chi connectivity index (χ2n) is 8.36. The van der Waals surface area contributed by atoms with Crippen molar-refractivity contribution in [3.05, 3.63) is 119 Å². The van der Waals surface area contributed by atoms with Crippen molar-refractivity contribution in [2.75, 3.05) is 0 Å². The van der Waals surface area contributed by atoms with E-state index in [2.05, 4.69) is 46.1 Å². The standard InChI is InChI=1S/C29H26N2O4/c1-19-5-3-4-6-26(19)27(18-28(31-34)24-15-16-30-20(2)17-24)23-9-7-21(8-10-23)22-11-13-25(14-12-22)35-29(32)33/h3-17,27,34H,18H2,1-2H3,(H,32,33)/b31-28+/t27-/m1/s1. The molecule has 0 aliphatic rings. The second-order valence-corrected chi connectivity index (χ2v) is 8.36. The van der Waals surface area contributed by atoms with Gasteiger partial charge in [0.05, 0.1) is 5.71 Å². The molecule has 0 fully saturated rings. The summed E-state index contributed by atoms with van der Waals surface area (Å²) < 4.78 is 4.69. The first-order chi connectivity index (χ1) is 16.9. The van der Waals surface area contributed by atoms with E-state index < -0.39 is 6.16 Å². The Bertz CT molecular complexity index is 1350. The summed E-state index contributed by atoms with van der Waals surface area (Å²) in [5.41, 5.74) is 7.69. The lowest BCUT2D eigenvalue weighted by Gasteiger charge is -2.21. The third kappa shape index (κ3) is 5.73. The lowest BCUT2D eigenvalue weighted by atomic mass is 9.83. The summed E-state index contributed by atoms with van der Waals surface area (Å²) in [5.74, 6) is 0.260. The molecule has 3 aromatic carbocycles. The first kappa shape index (κ1) is 23.7. The fourth-order valence-electron chi connectivity index (χ4n) is 4.24. The summed E-state index contributed by atoms with van der Waals surface area (Å²) in [6, 6.07) is 27.2.